The highest BCUT2D eigenvalue weighted by Gasteiger charge is 2.16. The minimum absolute atomic E-state index is 0.105. The average molecular weight is 356 g/mol. The predicted octanol–water partition coefficient (Wildman–Crippen LogP) is 2.37. The Bertz CT molecular complexity index is 719. The molecule has 2 amide bonds. The summed E-state index contributed by atoms with van der Waals surface area (Å²) in [5, 5.41) is 0. The Balaban J connectivity index is 2.02. The maximum Gasteiger partial charge on any atom is 0.260 e. The molecule has 2 N–H and O–H groups in total. The molecule has 0 saturated carbocycles. The van der Waals surface area contributed by atoms with Gasteiger partial charge in [0, 0.05) is 19.5 Å². The second kappa shape index (κ2) is 10.1. The van der Waals surface area contributed by atoms with E-state index in [1.54, 1.807) is 17.0 Å². The van der Waals surface area contributed by atoms with Crippen LogP contribution in [0, 0.1) is 0 Å². The molecular weight excluding hydrogens is 332 g/mol. The minimum atomic E-state index is -0.446. The van der Waals surface area contributed by atoms with Crippen molar-refractivity contribution < 1.29 is 19.1 Å². The van der Waals surface area contributed by atoms with Gasteiger partial charge >= 0.3 is 0 Å². The van der Waals surface area contributed by atoms with E-state index in [9.17, 15) is 9.59 Å². The lowest BCUT2D eigenvalue weighted by Gasteiger charge is -2.23. The van der Waals surface area contributed by atoms with Gasteiger partial charge in [-0.2, -0.15) is 0 Å². The van der Waals surface area contributed by atoms with Crippen molar-refractivity contribution in [2.24, 2.45) is 5.73 Å². The Morgan fingerprint density at radius 2 is 1.58 bits per heavy atom. The van der Waals surface area contributed by atoms with Crippen LogP contribution in [0.25, 0.3) is 0 Å². The monoisotopic (exact) mass is 356 g/mol. The number of rotatable bonds is 10. The normalized spacial score (nSPS) is 10.2. The first kappa shape index (κ1) is 19.3. The summed E-state index contributed by atoms with van der Waals surface area (Å²) < 4.78 is 11.1. The maximum absolute atomic E-state index is 12.6. The van der Waals surface area contributed by atoms with E-state index in [2.05, 4.69) is 0 Å². The summed E-state index contributed by atoms with van der Waals surface area (Å²) in [5.74, 6) is 0.437. The number of nitrogens with zero attached hydrogens (tertiary/aromatic N) is 1. The van der Waals surface area contributed by atoms with Crippen LogP contribution in [-0.4, -0.2) is 36.5 Å². The van der Waals surface area contributed by atoms with Gasteiger partial charge < -0.3 is 20.1 Å². The third kappa shape index (κ3) is 6.12. The van der Waals surface area contributed by atoms with Gasteiger partial charge in [-0.15, -0.1) is 0 Å². The number of para-hydroxylation sites is 2. The number of ether oxygens (including phenoxy) is 2. The molecule has 0 aliphatic heterocycles. The first-order chi connectivity index (χ1) is 12.6. The Kier molecular flexibility index (Phi) is 7.49. The highest BCUT2D eigenvalue weighted by molar-refractivity contribution is 5.79. The number of benzene rings is 2. The van der Waals surface area contributed by atoms with Crippen LogP contribution in [0.15, 0.2) is 54.6 Å². The van der Waals surface area contributed by atoms with Crippen LogP contribution in [0.1, 0.15) is 18.9 Å². The van der Waals surface area contributed by atoms with Crippen LogP contribution < -0.4 is 15.2 Å². The maximum atomic E-state index is 12.6. The van der Waals surface area contributed by atoms with E-state index in [-0.39, 0.29) is 25.5 Å². The van der Waals surface area contributed by atoms with Crippen molar-refractivity contribution in [3.8, 4) is 11.5 Å². The van der Waals surface area contributed by atoms with Crippen molar-refractivity contribution in [2.75, 3.05) is 19.8 Å². The molecule has 0 fully saturated rings. The molecule has 2 rings (SSSR count). The highest BCUT2D eigenvalue weighted by atomic mass is 16.5. The number of hydrogen-bond acceptors (Lipinski definition) is 4. The molecule has 0 atom stereocenters. The SMILES string of the molecule is CCOc1ccccc1OCC(=O)N(CCC(N)=O)Cc1ccccc1. The van der Waals surface area contributed by atoms with Crippen molar-refractivity contribution in [1.82, 2.24) is 4.90 Å². The van der Waals surface area contributed by atoms with E-state index < -0.39 is 5.91 Å². The summed E-state index contributed by atoms with van der Waals surface area (Å²) in [7, 11) is 0. The fourth-order valence-electron chi connectivity index (χ4n) is 2.42. The van der Waals surface area contributed by atoms with Gasteiger partial charge in [-0.05, 0) is 24.6 Å². The van der Waals surface area contributed by atoms with Crippen molar-refractivity contribution in [2.45, 2.75) is 19.9 Å². The molecule has 0 aliphatic carbocycles. The second-order valence-electron chi connectivity index (χ2n) is 5.69. The Morgan fingerprint density at radius 3 is 2.19 bits per heavy atom. The van der Waals surface area contributed by atoms with Crippen molar-refractivity contribution in [3.63, 3.8) is 0 Å². The van der Waals surface area contributed by atoms with Crippen molar-refractivity contribution in [3.05, 3.63) is 60.2 Å². The molecular formula is C20H24N2O4. The smallest absolute Gasteiger partial charge is 0.260 e. The van der Waals surface area contributed by atoms with Gasteiger partial charge in [-0.1, -0.05) is 42.5 Å². The molecule has 0 bridgehead atoms. The van der Waals surface area contributed by atoms with E-state index in [0.717, 1.165) is 5.56 Å². The third-order valence-corrected chi connectivity index (χ3v) is 3.70. The first-order valence-corrected chi connectivity index (χ1v) is 8.54. The molecule has 0 radical (unpaired) electrons. The summed E-state index contributed by atoms with van der Waals surface area (Å²) in [5.41, 5.74) is 6.20. The fraction of sp³-hybridized carbons (Fsp3) is 0.300. The Hall–Kier alpha value is -3.02. The van der Waals surface area contributed by atoms with Crippen molar-refractivity contribution >= 4 is 11.8 Å². The lowest BCUT2D eigenvalue weighted by atomic mass is 10.2. The number of nitrogens with two attached hydrogens (primary N) is 1. The lowest BCUT2D eigenvalue weighted by molar-refractivity contribution is -0.134. The third-order valence-electron chi connectivity index (χ3n) is 3.70. The molecule has 0 saturated heterocycles. The second-order valence-corrected chi connectivity index (χ2v) is 5.69. The molecule has 26 heavy (non-hydrogen) atoms. The number of carbonyl (C=O) groups excluding carboxylic acids is 2. The van der Waals surface area contributed by atoms with Crippen LogP contribution in [0.5, 0.6) is 11.5 Å². The molecule has 0 heterocycles. The van der Waals surface area contributed by atoms with Gasteiger partial charge in [0.15, 0.2) is 18.1 Å². The van der Waals surface area contributed by atoms with Crippen LogP contribution in [0.4, 0.5) is 0 Å². The zero-order valence-corrected chi connectivity index (χ0v) is 14.9. The minimum Gasteiger partial charge on any atom is -0.490 e. The average Bonchev–Trinajstić information content (AvgIpc) is 2.65. The number of amides is 2. The van der Waals surface area contributed by atoms with E-state index >= 15 is 0 Å². The molecule has 6 heteroatoms. The molecule has 0 spiro atoms. The van der Waals surface area contributed by atoms with E-state index in [4.69, 9.17) is 15.2 Å². The number of carbonyl (C=O) groups is 2. The zero-order chi connectivity index (χ0) is 18.8. The molecule has 0 unspecified atom stereocenters. The van der Waals surface area contributed by atoms with Gasteiger partial charge in [0.1, 0.15) is 0 Å². The summed E-state index contributed by atoms with van der Waals surface area (Å²) in [4.78, 5) is 25.3. The summed E-state index contributed by atoms with van der Waals surface area (Å²) in [6.45, 7) is 2.89. The van der Waals surface area contributed by atoms with Crippen LogP contribution in [0.3, 0.4) is 0 Å². The van der Waals surface area contributed by atoms with E-state index in [1.807, 2.05) is 49.4 Å². The zero-order valence-electron chi connectivity index (χ0n) is 14.9. The van der Waals surface area contributed by atoms with Crippen LogP contribution in [0.2, 0.25) is 0 Å². The first-order valence-electron chi connectivity index (χ1n) is 8.54. The van der Waals surface area contributed by atoms with Gasteiger partial charge in [0.25, 0.3) is 5.91 Å². The largest absolute Gasteiger partial charge is 0.490 e. The summed E-state index contributed by atoms with van der Waals surface area (Å²) in [6, 6.07) is 16.8. The summed E-state index contributed by atoms with van der Waals surface area (Å²) in [6.07, 6.45) is 0.105. The lowest BCUT2D eigenvalue weighted by Crippen LogP contribution is -2.36. The topological polar surface area (TPSA) is 81.9 Å². The molecule has 0 aromatic heterocycles. The van der Waals surface area contributed by atoms with Crippen LogP contribution >= 0.6 is 0 Å². The van der Waals surface area contributed by atoms with Gasteiger partial charge in [0.05, 0.1) is 6.61 Å². The fourth-order valence-corrected chi connectivity index (χ4v) is 2.42. The summed E-state index contributed by atoms with van der Waals surface area (Å²) >= 11 is 0. The van der Waals surface area contributed by atoms with E-state index in [0.29, 0.717) is 24.7 Å². The van der Waals surface area contributed by atoms with Crippen molar-refractivity contribution in [1.29, 1.82) is 0 Å². The quantitative estimate of drug-likeness (QED) is 0.708. The standard InChI is InChI=1S/C20H24N2O4/c1-2-25-17-10-6-7-11-18(17)26-15-20(24)22(13-12-19(21)23)14-16-8-4-3-5-9-16/h3-11H,2,12-15H2,1H3,(H2,21,23). The molecule has 138 valence electrons. The predicted molar refractivity (Wildman–Crippen MR) is 98.8 cm³/mol. The van der Waals surface area contributed by atoms with Gasteiger partial charge in [0.2, 0.25) is 5.91 Å². The van der Waals surface area contributed by atoms with Crippen LogP contribution in [-0.2, 0) is 16.1 Å². The van der Waals surface area contributed by atoms with E-state index in [1.165, 1.54) is 0 Å². The number of hydrogen-bond donors (Lipinski definition) is 1. The molecule has 2 aromatic rings. The molecule has 2 aromatic carbocycles. The molecule has 0 aliphatic rings. The Labute approximate surface area is 153 Å². The van der Waals surface area contributed by atoms with Gasteiger partial charge in [-0.25, -0.2) is 0 Å². The highest BCUT2D eigenvalue weighted by Crippen LogP contribution is 2.26. The Morgan fingerprint density at radius 1 is 0.962 bits per heavy atom. The van der Waals surface area contributed by atoms with Gasteiger partial charge in [-0.3, -0.25) is 9.59 Å². The number of primary amides is 1. The molecule has 6 nitrogen and oxygen atoms in total.